The quantitative estimate of drug-likeness (QED) is 0.505. The van der Waals surface area contributed by atoms with Gasteiger partial charge in [0.15, 0.2) is 0 Å². The molecule has 3 rings (SSSR count). The first-order chi connectivity index (χ1) is 14.5. The van der Waals surface area contributed by atoms with Crippen molar-refractivity contribution in [2.45, 2.75) is 25.8 Å². The minimum absolute atomic E-state index is 0.0350. The van der Waals surface area contributed by atoms with Crippen LogP contribution in [0, 0.1) is 0 Å². The Morgan fingerprint density at radius 1 is 0.933 bits per heavy atom. The van der Waals surface area contributed by atoms with E-state index in [0.717, 1.165) is 12.0 Å². The number of benzene rings is 3. The van der Waals surface area contributed by atoms with E-state index >= 15 is 0 Å². The highest BCUT2D eigenvalue weighted by molar-refractivity contribution is 5.91. The maximum absolute atomic E-state index is 12.6. The SMILES string of the molecule is CCc1ccc(NC(=O)C[C@@H](NC(N)=O)c2cccc(Oc3ccccc3)c2)cc1. The summed E-state index contributed by atoms with van der Waals surface area (Å²) in [5.41, 5.74) is 7.96. The molecule has 30 heavy (non-hydrogen) atoms. The van der Waals surface area contributed by atoms with Crippen molar-refractivity contribution in [3.05, 3.63) is 90.0 Å². The van der Waals surface area contributed by atoms with E-state index in [0.29, 0.717) is 17.2 Å². The number of hydrogen-bond donors (Lipinski definition) is 3. The summed E-state index contributed by atoms with van der Waals surface area (Å²) >= 11 is 0. The highest BCUT2D eigenvalue weighted by atomic mass is 16.5. The van der Waals surface area contributed by atoms with Gasteiger partial charge in [-0.15, -0.1) is 0 Å². The van der Waals surface area contributed by atoms with Crippen molar-refractivity contribution in [3.8, 4) is 11.5 Å². The molecule has 0 unspecified atom stereocenters. The topological polar surface area (TPSA) is 93.5 Å². The first-order valence-corrected chi connectivity index (χ1v) is 9.81. The molecule has 3 aromatic rings. The Morgan fingerprint density at radius 3 is 2.30 bits per heavy atom. The second kappa shape index (κ2) is 10.1. The molecule has 154 valence electrons. The molecule has 0 saturated carbocycles. The Balaban J connectivity index is 1.72. The summed E-state index contributed by atoms with van der Waals surface area (Å²) in [5, 5.41) is 5.50. The molecular weight excluding hydrogens is 378 g/mol. The van der Waals surface area contributed by atoms with Crippen molar-refractivity contribution in [2.24, 2.45) is 5.73 Å². The maximum Gasteiger partial charge on any atom is 0.312 e. The van der Waals surface area contributed by atoms with Crippen LogP contribution in [0.25, 0.3) is 0 Å². The zero-order chi connectivity index (χ0) is 21.3. The van der Waals surface area contributed by atoms with E-state index in [9.17, 15) is 9.59 Å². The van der Waals surface area contributed by atoms with Gasteiger partial charge < -0.3 is 21.1 Å². The Kier molecular flexibility index (Phi) is 7.05. The van der Waals surface area contributed by atoms with Gasteiger partial charge >= 0.3 is 6.03 Å². The predicted octanol–water partition coefficient (Wildman–Crippen LogP) is 4.78. The summed E-state index contributed by atoms with van der Waals surface area (Å²) in [5.74, 6) is 1.07. The summed E-state index contributed by atoms with van der Waals surface area (Å²) in [6, 6.07) is 23.0. The molecule has 4 N–H and O–H groups in total. The fourth-order valence-corrected chi connectivity index (χ4v) is 3.06. The van der Waals surface area contributed by atoms with E-state index in [1.54, 1.807) is 6.07 Å². The number of carbonyl (C=O) groups is 2. The summed E-state index contributed by atoms with van der Waals surface area (Å²) in [6.07, 6.45) is 0.966. The van der Waals surface area contributed by atoms with Crippen molar-refractivity contribution in [1.29, 1.82) is 0 Å². The number of urea groups is 1. The number of nitrogens with two attached hydrogens (primary N) is 1. The fraction of sp³-hybridized carbons (Fsp3) is 0.167. The third-order valence-corrected chi connectivity index (χ3v) is 4.59. The number of aryl methyl sites for hydroxylation is 1. The summed E-state index contributed by atoms with van der Waals surface area (Å²) in [7, 11) is 0. The Labute approximate surface area is 176 Å². The lowest BCUT2D eigenvalue weighted by Gasteiger charge is -2.19. The van der Waals surface area contributed by atoms with Gasteiger partial charge in [-0.25, -0.2) is 4.79 Å². The zero-order valence-corrected chi connectivity index (χ0v) is 16.8. The van der Waals surface area contributed by atoms with Gasteiger partial charge in [-0.3, -0.25) is 4.79 Å². The highest BCUT2D eigenvalue weighted by Gasteiger charge is 2.18. The Hall–Kier alpha value is -3.80. The van der Waals surface area contributed by atoms with Crippen LogP contribution in [0.2, 0.25) is 0 Å². The monoisotopic (exact) mass is 403 g/mol. The maximum atomic E-state index is 12.6. The van der Waals surface area contributed by atoms with Crippen molar-refractivity contribution in [3.63, 3.8) is 0 Å². The standard InChI is InChI=1S/C24H25N3O3/c1-2-17-11-13-19(14-12-17)26-23(28)16-22(27-24(25)29)18-7-6-10-21(15-18)30-20-8-4-3-5-9-20/h3-15,22H,2,16H2,1H3,(H,26,28)(H3,25,27,29)/t22-/m1/s1. The van der Waals surface area contributed by atoms with Crippen LogP contribution in [0.15, 0.2) is 78.9 Å². The lowest BCUT2D eigenvalue weighted by atomic mass is 10.0. The summed E-state index contributed by atoms with van der Waals surface area (Å²) in [4.78, 5) is 24.1. The van der Waals surface area contributed by atoms with Crippen LogP contribution in [0.1, 0.15) is 30.5 Å². The smallest absolute Gasteiger partial charge is 0.312 e. The fourth-order valence-electron chi connectivity index (χ4n) is 3.06. The Morgan fingerprint density at radius 2 is 1.63 bits per heavy atom. The highest BCUT2D eigenvalue weighted by Crippen LogP contribution is 2.26. The lowest BCUT2D eigenvalue weighted by Crippen LogP contribution is -2.35. The second-order valence-corrected chi connectivity index (χ2v) is 6.85. The largest absolute Gasteiger partial charge is 0.457 e. The predicted molar refractivity (Wildman–Crippen MR) is 117 cm³/mol. The third kappa shape index (κ3) is 6.10. The van der Waals surface area contributed by atoms with Crippen molar-refractivity contribution < 1.29 is 14.3 Å². The van der Waals surface area contributed by atoms with E-state index in [1.165, 1.54) is 5.56 Å². The average molecular weight is 403 g/mol. The first-order valence-electron chi connectivity index (χ1n) is 9.81. The molecule has 0 fully saturated rings. The summed E-state index contributed by atoms with van der Waals surface area (Å²) < 4.78 is 5.85. The minimum Gasteiger partial charge on any atom is -0.457 e. The van der Waals surface area contributed by atoms with Crippen LogP contribution in [0.4, 0.5) is 10.5 Å². The number of carbonyl (C=O) groups excluding carboxylic acids is 2. The number of primary amides is 1. The van der Waals surface area contributed by atoms with E-state index in [-0.39, 0.29) is 12.3 Å². The number of anilines is 1. The molecule has 0 bridgehead atoms. The van der Waals surface area contributed by atoms with Crippen molar-refractivity contribution in [1.82, 2.24) is 5.32 Å². The van der Waals surface area contributed by atoms with Gasteiger partial charge in [-0.1, -0.05) is 49.4 Å². The average Bonchev–Trinajstić information content (AvgIpc) is 2.74. The van der Waals surface area contributed by atoms with Gasteiger partial charge in [0, 0.05) is 5.69 Å². The molecule has 3 aromatic carbocycles. The van der Waals surface area contributed by atoms with Gasteiger partial charge in [0.1, 0.15) is 11.5 Å². The number of hydrogen-bond acceptors (Lipinski definition) is 3. The number of para-hydroxylation sites is 1. The number of rotatable bonds is 8. The van der Waals surface area contributed by atoms with Gasteiger partial charge in [0.05, 0.1) is 12.5 Å². The van der Waals surface area contributed by atoms with Gasteiger partial charge in [0.2, 0.25) is 5.91 Å². The van der Waals surface area contributed by atoms with E-state index in [1.807, 2.05) is 72.8 Å². The van der Waals surface area contributed by atoms with Crippen LogP contribution in [-0.2, 0) is 11.2 Å². The van der Waals surface area contributed by atoms with Crippen LogP contribution >= 0.6 is 0 Å². The molecular formula is C24H25N3O3. The third-order valence-electron chi connectivity index (χ3n) is 4.59. The molecule has 6 nitrogen and oxygen atoms in total. The molecule has 3 amide bonds. The van der Waals surface area contributed by atoms with Crippen molar-refractivity contribution in [2.75, 3.05) is 5.32 Å². The van der Waals surface area contributed by atoms with E-state index in [2.05, 4.69) is 17.6 Å². The van der Waals surface area contributed by atoms with Gasteiger partial charge in [-0.2, -0.15) is 0 Å². The molecule has 0 aliphatic carbocycles. The normalized spacial score (nSPS) is 11.4. The second-order valence-electron chi connectivity index (χ2n) is 6.85. The molecule has 0 aromatic heterocycles. The molecule has 0 spiro atoms. The minimum atomic E-state index is -0.700. The number of ether oxygens (including phenoxy) is 1. The van der Waals surface area contributed by atoms with Crippen LogP contribution in [-0.4, -0.2) is 11.9 Å². The molecule has 0 saturated heterocycles. The van der Waals surface area contributed by atoms with Crippen LogP contribution < -0.4 is 21.1 Å². The van der Waals surface area contributed by atoms with Crippen LogP contribution in [0.3, 0.4) is 0 Å². The first kappa shape index (κ1) is 20.9. The molecule has 0 heterocycles. The van der Waals surface area contributed by atoms with Gasteiger partial charge in [-0.05, 0) is 53.9 Å². The molecule has 6 heteroatoms. The number of nitrogens with one attached hydrogen (secondary N) is 2. The molecule has 1 atom stereocenters. The molecule has 0 aliphatic heterocycles. The van der Waals surface area contributed by atoms with Gasteiger partial charge in [0.25, 0.3) is 0 Å². The van der Waals surface area contributed by atoms with Crippen molar-refractivity contribution >= 4 is 17.6 Å². The molecule has 0 aliphatic rings. The zero-order valence-electron chi connectivity index (χ0n) is 16.8. The van der Waals surface area contributed by atoms with Crippen LogP contribution in [0.5, 0.6) is 11.5 Å². The van der Waals surface area contributed by atoms with E-state index in [4.69, 9.17) is 10.5 Å². The Bertz CT molecular complexity index is 988. The van der Waals surface area contributed by atoms with E-state index < -0.39 is 12.1 Å². The number of amides is 3. The summed E-state index contributed by atoms with van der Waals surface area (Å²) in [6.45, 7) is 2.07. The molecule has 0 radical (unpaired) electrons. The lowest BCUT2D eigenvalue weighted by molar-refractivity contribution is -0.116.